The number of alkyl halides is 2. The number of benzene rings is 1. The molecule has 1 N–H and O–H groups in total. The van der Waals surface area contributed by atoms with Gasteiger partial charge in [0, 0.05) is 26.0 Å². The van der Waals surface area contributed by atoms with Crippen molar-refractivity contribution in [1.29, 1.82) is 0 Å². The predicted molar refractivity (Wildman–Crippen MR) is 78.4 cm³/mol. The first-order valence-corrected chi connectivity index (χ1v) is 6.81. The lowest BCUT2D eigenvalue weighted by molar-refractivity contribution is 0.0651. The summed E-state index contributed by atoms with van der Waals surface area (Å²) in [5, 5.41) is 2.75. The van der Waals surface area contributed by atoms with Crippen molar-refractivity contribution in [3.05, 3.63) is 53.6 Å². The van der Waals surface area contributed by atoms with E-state index >= 15 is 0 Å². The van der Waals surface area contributed by atoms with Gasteiger partial charge in [0.25, 0.3) is 0 Å². The molecule has 0 radical (unpaired) electrons. The van der Waals surface area contributed by atoms with E-state index in [4.69, 9.17) is 0 Å². The van der Waals surface area contributed by atoms with Crippen molar-refractivity contribution in [2.75, 3.05) is 7.05 Å². The fourth-order valence-corrected chi connectivity index (χ4v) is 2.06. The van der Waals surface area contributed by atoms with E-state index in [1.165, 1.54) is 24.3 Å². The van der Waals surface area contributed by atoms with Crippen LogP contribution < -0.4 is 5.32 Å². The number of carbonyl (C=O) groups excluding carboxylic acids is 1. The zero-order valence-electron chi connectivity index (χ0n) is 12.5. The number of halogens is 2. The molecule has 0 aliphatic carbocycles. The Balaban J connectivity index is 1.91. The molecular weight excluding hydrogens is 290 g/mol. The van der Waals surface area contributed by atoms with Crippen molar-refractivity contribution < 1.29 is 13.6 Å². The number of carbonyl (C=O) groups is 1. The highest BCUT2D eigenvalue weighted by Gasteiger charge is 2.15. The van der Waals surface area contributed by atoms with Gasteiger partial charge in [-0.3, -0.25) is 4.57 Å². The van der Waals surface area contributed by atoms with Crippen LogP contribution in [-0.2, 0) is 13.1 Å². The second-order valence-electron chi connectivity index (χ2n) is 5.03. The van der Waals surface area contributed by atoms with Crippen LogP contribution in [0, 0.1) is 6.92 Å². The molecule has 0 fully saturated rings. The molecule has 5 nitrogen and oxygen atoms in total. The van der Waals surface area contributed by atoms with Gasteiger partial charge in [-0.1, -0.05) is 29.8 Å². The number of hydrogen-bond donors (Lipinski definition) is 1. The number of amides is 2. The lowest BCUT2D eigenvalue weighted by Crippen LogP contribution is -2.37. The minimum Gasteiger partial charge on any atom is -0.334 e. The van der Waals surface area contributed by atoms with Crippen LogP contribution in [0.1, 0.15) is 23.5 Å². The molecule has 2 amide bonds. The Labute approximate surface area is 127 Å². The fourth-order valence-electron chi connectivity index (χ4n) is 2.06. The SMILES string of the molecule is Cc1cccc(CNC(=O)N(C)Cc2nccn2C(F)F)c1. The van der Waals surface area contributed by atoms with E-state index in [1.807, 2.05) is 31.2 Å². The summed E-state index contributed by atoms with van der Waals surface area (Å²) in [6.07, 6.45) is 2.48. The first kappa shape index (κ1) is 15.9. The monoisotopic (exact) mass is 308 g/mol. The van der Waals surface area contributed by atoms with Crippen molar-refractivity contribution in [3.63, 3.8) is 0 Å². The lowest BCUT2D eigenvalue weighted by atomic mass is 10.1. The predicted octanol–water partition coefficient (Wildman–Crippen LogP) is 2.93. The number of aryl methyl sites for hydroxylation is 1. The van der Waals surface area contributed by atoms with Crippen molar-refractivity contribution in [2.24, 2.45) is 0 Å². The molecule has 2 aromatic rings. The molecule has 0 saturated carbocycles. The first-order valence-electron chi connectivity index (χ1n) is 6.81. The summed E-state index contributed by atoms with van der Waals surface area (Å²) < 4.78 is 26.2. The normalized spacial score (nSPS) is 10.8. The van der Waals surface area contributed by atoms with Gasteiger partial charge in [0.05, 0.1) is 6.54 Å². The Morgan fingerprint density at radius 2 is 2.23 bits per heavy atom. The number of urea groups is 1. The molecule has 0 unspecified atom stereocenters. The molecule has 0 spiro atoms. The molecule has 0 saturated heterocycles. The second-order valence-corrected chi connectivity index (χ2v) is 5.03. The van der Waals surface area contributed by atoms with E-state index in [1.54, 1.807) is 0 Å². The molecular formula is C15H18F2N4O. The molecule has 2 rings (SSSR count). The van der Waals surface area contributed by atoms with Crippen LogP contribution in [0.3, 0.4) is 0 Å². The van der Waals surface area contributed by atoms with Crippen LogP contribution in [0.5, 0.6) is 0 Å². The van der Waals surface area contributed by atoms with Gasteiger partial charge < -0.3 is 10.2 Å². The smallest absolute Gasteiger partial charge is 0.319 e. The van der Waals surface area contributed by atoms with Crippen molar-refractivity contribution in [1.82, 2.24) is 19.8 Å². The Bertz CT molecular complexity index is 642. The van der Waals surface area contributed by atoms with Crippen molar-refractivity contribution in [3.8, 4) is 0 Å². The Hall–Kier alpha value is -2.44. The maximum Gasteiger partial charge on any atom is 0.319 e. The number of hydrogen-bond acceptors (Lipinski definition) is 2. The zero-order chi connectivity index (χ0) is 16.1. The molecule has 0 bridgehead atoms. The number of rotatable bonds is 5. The Kier molecular flexibility index (Phi) is 5.08. The molecule has 1 heterocycles. The van der Waals surface area contributed by atoms with E-state index in [9.17, 15) is 13.6 Å². The van der Waals surface area contributed by atoms with Gasteiger partial charge in [-0.25, -0.2) is 9.78 Å². The van der Waals surface area contributed by atoms with E-state index in [2.05, 4.69) is 10.3 Å². The molecule has 118 valence electrons. The molecule has 22 heavy (non-hydrogen) atoms. The molecule has 7 heteroatoms. The van der Waals surface area contributed by atoms with Crippen molar-refractivity contribution in [2.45, 2.75) is 26.6 Å². The maximum absolute atomic E-state index is 12.7. The molecule has 0 aliphatic rings. The van der Waals surface area contributed by atoms with E-state index < -0.39 is 6.55 Å². The summed E-state index contributed by atoms with van der Waals surface area (Å²) in [5.41, 5.74) is 2.09. The number of nitrogens with zero attached hydrogens (tertiary/aromatic N) is 3. The quantitative estimate of drug-likeness (QED) is 0.923. The minimum atomic E-state index is -2.67. The summed E-state index contributed by atoms with van der Waals surface area (Å²) in [6, 6.07) is 7.44. The molecule has 1 aromatic carbocycles. The topological polar surface area (TPSA) is 50.2 Å². The van der Waals surface area contributed by atoms with Crippen LogP contribution >= 0.6 is 0 Å². The molecule has 1 aromatic heterocycles. The number of imidazole rings is 1. The van der Waals surface area contributed by atoms with Gasteiger partial charge in [0.1, 0.15) is 5.82 Å². The third-order valence-corrected chi connectivity index (χ3v) is 3.21. The summed E-state index contributed by atoms with van der Waals surface area (Å²) in [7, 11) is 1.54. The van der Waals surface area contributed by atoms with E-state index in [-0.39, 0.29) is 18.4 Å². The van der Waals surface area contributed by atoms with E-state index in [0.717, 1.165) is 15.7 Å². The van der Waals surface area contributed by atoms with E-state index in [0.29, 0.717) is 6.54 Å². The van der Waals surface area contributed by atoms with Gasteiger partial charge in [-0.05, 0) is 12.5 Å². The van der Waals surface area contributed by atoms with Crippen LogP contribution in [0.25, 0.3) is 0 Å². The fraction of sp³-hybridized carbons (Fsp3) is 0.333. The first-order chi connectivity index (χ1) is 10.5. The average molecular weight is 308 g/mol. The summed E-state index contributed by atoms with van der Waals surface area (Å²) in [6.45, 7) is -0.298. The minimum absolute atomic E-state index is 0.0109. The highest BCUT2D eigenvalue weighted by atomic mass is 19.3. The van der Waals surface area contributed by atoms with Gasteiger partial charge in [0.2, 0.25) is 0 Å². The molecule has 0 aliphatic heterocycles. The van der Waals surface area contributed by atoms with Crippen LogP contribution in [0.4, 0.5) is 13.6 Å². The van der Waals surface area contributed by atoms with Gasteiger partial charge in [0.15, 0.2) is 0 Å². The third-order valence-electron chi connectivity index (χ3n) is 3.21. The van der Waals surface area contributed by atoms with Crippen molar-refractivity contribution >= 4 is 6.03 Å². The average Bonchev–Trinajstić information content (AvgIpc) is 2.93. The van der Waals surface area contributed by atoms with Crippen LogP contribution in [0.2, 0.25) is 0 Å². The zero-order valence-corrected chi connectivity index (χ0v) is 12.5. The summed E-state index contributed by atoms with van der Waals surface area (Å²) in [4.78, 5) is 17.2. The highest BCUT2D eigenvalue weighted by molar-refractivity contribution is 5.73. The standard InChI is InChI=1S/C15H18F2N4O/c1-11-4-3-5-12(8-11)9-19-15(22)20(2)10-13-18-6-7-21(13)14(16)17/h3-8,14H,9-10H2,1-2H3,(H,19,22). The highest BCUT2D eigenvalue weighted by Crippen LogP contribution is 2.13. The summed E-state index contributed by atoms with van der Waals surface area (Å²) >= 11 is 0. The molecule has 0 atom stereocenters. The Morgan fingerprint density at radius 3 is 2.91 bits per heavy atom. The maximum atomic E-state index is 12.7. The number of nitrogens with one attached hydrogen (secondary N) is 1. The van der Waals surface area contributed by atoms with Gasteiger partial charge >= 0.3 is 12.6 Å². The second kappa shape index (κ2) is 7.02. The largest absolute Gasteiger partial charge is 0.334 e. The third kappa shape index (κ3) is 4.03. The number of aromatic nitrogens is 2. The summed E-state index contributed by atoms with van der Waals surface area (Å²) in [5.74, 6) is 0.142. The van der Waals surface area contributed by atoms with Crippen LogP contribution in [-0.4, -0.2) is 27.5 Å². The van der Waals surface area contributed by atoms with Gasteiger partial charge in [-0.15, -0.1) is 0 Å². The van der Waals surface area contributed by atoms with Gasteiger partial charge in [-0.2, -0.15) is 8.78 Å². The Morgan fingerprint density at radius 1 is 1.45 bits per heavy atom. The lowest BCUT2D eigenvalue weighted by Gasteiger charge is -2.18. The van der Waals surface area contributed by atoms with Crippen LogP contribution in [0.15, 0.2) is 36.7 Å².